The lowest BCUT2D eigenvalue weighted by Crippen LogP contribution is -2.26. The van der Waals surface area contributed by atoms with Gasteiger partial charge in [-0.15, -0.1) is 0 Å². The third kappa shape index (κ3) is 5.30. The number of anilines is 1. The second-order valence-electron chi connectivity index (χ2n) is 6.21. The Balaban J connectivity index is 1.84. The average Bonchev–Trinajstić information content (AvgIpc) is 2.58. The summed E-state index contributed by atoms with van der Waals surface area (Å²) in [7, 11) is -3.57. The molecule has 0 heterocycles. The third-order valence-corrected chi connectivity index (χ3v) is 6.07. The first-order valence-electron chi connectivity index (χ1n) is 8.32. The SMILES string of the molecule is Cc1ccc(S(=O)(=O)NCCCC(=O)Nc2cccc(Cl)c2C)cc1C. The second kappa shape index (κ2) is 8.66. The van der Waals surface area contributed by atoms with E-state index < -0.39 is 10.0 Å². The fraction of sp³-hybridized carbons (Fsp3) is 0.316. The van der Waals surface area contributed by atoms with Gasteiger partial charge in [-0.25, -0.2) is 13.1 Å². The number of halogens is 1. The molecule has 0 saturated carbocycles. The van der Waals surface area contributed by atoms with E-state index in [4.69, 9.17) is 11.6 Å². The summed E-state index contributed by atoms with van der Waals surface area (Å²) in [4.78, 5) is 12.3. The molecular weight excluding hydrogens is 372 g/mol. The number of aryl methyl sites for hydroxylation is 2. The first-order valence-corrected chi connectivity index (χ1v) is 10.2. The molecule has 2 rings (SSSR count). The van der Waals surface area contributed by atoms with E-state index >= 15 is 0 Å². The molecule has 0 fully saturated rings. The van der Waals surface area contributed by atoms with Gasteiger partial charge in [0.05, 0.1) is 4.90 Å². The van der Waals surface area contributed by atoms with Crippen molar-refractivity contribution in [3.8, 4) is 0 Å². The molecule has 0 atom stereocenters. The summed E-state index contributed by atoms with van der Waals surface area (Å²) in [6.07, 6.45) is 0.608. The van der Waals surface area contributed by atoms with Crippen molar-refractivity contribution in [1.82, 2.24) is 4.72 Å². The third-order valence-electron chi connectivity index (χ3n) is 4.20. The molecule has 140 valence electrons. The lowest BCUT2D eigenvalue weighted by atomic mass is 10.1. The van der Waals surface area contributed by atoms with Gasteiger partial charge in [-0.1, -0.05) is 23.7 Å². The van der Waals surface area contributed by atoms with Crippen molar-refractivity contribution in [1.29, 1.82) is 0 Å². The van der Waals surface area contributed by atoms with Crippen LogP contribution in [0.5, 0.6) is 0 Å². The fourth-order valence-corrected chi connectivity index (χ4v) is 3.71. The number of rotatable bonds is 7. The quantitative estimate of drug-likeness (QED) is 0.698. The highest BCUT2D eigenvalue weighted by atomic mass is 35.5. The molecule has 5 nitrogen and oxygen atoms in total. The highest BCUT2D eigenvalue weighted by Crippen LogP contribution is 2.23. The standard InChI is InChI=1S/C19H23ClN2O3S/c1-13-9-10-16(12-14(13)2)26(24,25)21-11-5-8-19(23)22-18-7-4-6-17(20)15(18)3/h4,6-7,9-10,12,21H,5,8,11H2,1-3H3,(H,22,23). The van der Waals surface area contributed by atoms with Crippen molar-refractivity contribution in [3.05, 3.63) is 58.1 Å². The Kier molecular flexibility index (Phi) is 6.81. The molecule has 0 unspecified atom stereocenters. The van der Waals surface area contributed by atoms with Crippen LogP contribution >= 0.6 is 11.6 Å². The number of carbonyl (C=O) groups is 1. The van der Waals surface area contributed by atoms with Crippen LogP contribution in [0.15, 0.2) is 41.3 Å². The monoisotopic (exact) mass is 394 g/mol. The molecule has 0 aromatic heterocycles. The lowest BCUT2D eigenvalue weighted by Gasteiger charge is -2.10. The van der Waals surface area contributed by atoms with Crippen molar-refractivity contribution < 1.29 is 13.2 Å². The minimum Gasteiger partial charge on any atom is -0.326 e. The highest BCUT2D eigenvalue weighted by molar-refractivity contribution is 7.89. The fourth-order valence-electron chi connectivity index (χ4n) is 2.38. The van der Waals surface area contributed by atoms with E-state index in [1.165, 1.54) is 0 Å². The van der Waals surface area contributed by atoms with Gasteiger partial charge in [-0.3, -0.25) is 4.79 Å². The maximum Gasteiger partial charge on any atom is 0.240 e. The molecular formula is C19H23ClN2O3S. The molecule has 7 heteroatoms. The first kappa shape index (κ1) is 20.4. The number of sulfonamides is 1. The van der Waals surface area contributed by atoms with Gasteiger partial charge in [0.1, 0.15) is 0 Å². The number of hydrogen-bond donors (Lipinski definition) is 2. The van der Waals surface area contributed by atoms with Crippen molar-refractivity contribution in [2.45, 2.75) is 38.5 Å². The summed E-state index contributed by atoms with van der Waals surface area (Å²) < 4.78 is 27.1. The van der Waals surface area contributed by atoms with E-state index in [-0.39, 0.29) is 23.8 Å². The highest BCUT2D eigenvalue weighted by Gasteiger charge is 2.14. The normalized spacial score (nSPS) is 11.4. The molecule has 0 radical (unpaired) electrons. The van der Waals surface area contributed by atoms with Gasteiger partial charge in [0, 0.05) is 23.7 Å². The van der Waals surface area contributed by atoms with Crippen LogP contribution in [0.3, 0.4) is 0 Å². The van der Waals surface area contributed by atoms with Crippen LogP contribution in [0.1, 0.15) is 29.5 Å². The van der Waals surface area contributed by atoms with Gasteiger partial charge in [-0.05, 0) is 68.1 Å². The Morgan fingerprint density at radius 3 is 2.50 bits per heavy atom. The molecule has 0 aliphatic rings. The molecule has 0 spiro atoms. The average molecular weight is 395 g/mol. The zero-order valence-corrected chi connectivity index (χ0v) is 16.7. The minimum atomic E-state index is -3.57. The molecule has 26 heavy (non-hydrogen) atoms. The zero-order valence-electron chi connectivity index (χ0n) is 15.1. The molecule has 0 aliphatic carbocycles. The predicted molar refractivity (Wildman–Crippen MR) is 105 cm³/mol. The van der Waals surface area contributed by atoms with E-state index in [1.54, 1.807) is 36.4 Å². The molecule has 2 aromatic rings. The van der Waals surface area contributed by atoms with Crippen LogP contribution in [0.2, 0.25) is 5.02 Å². The van der Waals surface area contributed by atoms with E-state index in [2.05, 4.69) is 10.0 Å². The topological polar surface area (TPSA) is 75.3 Å². The molecule has 0 bridgehead atoms. The van der Waals surface area contributed by atoms with E-state index in [1.807, 2.05) is 20.8 Å². The summed E-state index contributed by atoms with van der Waals surface area (Å²) in [6, 6.07) is 10.3. The van der Waals surface area contributed by atoms with Crippen LogP contribution in [0, 0.1) is 20.8 Å². The van der Waals surface area contributed by atoms with Gasteiger partial charge in [0.2, 0.25) is 15.9 Å². The number of carbonyl (C=O) groups excluding carboxylic acids is 1. The van der Waals surface area contributed by atoms with E-state index in [0.717, 1.165) is 16.7 Å². The van der Waals surface area contributed by atoms with Gasteiger partial charge >= 0.3 is 0 Å². The number of nitrogens with one attached hydrogen (secondary N) is 2. The van der Waals surface area contributed by atoms with Crippen LogP contribution in [-0.4, -0.2) is 20.9 Å². The minimum absolute atomic E-state index is 0.180. The summed E-state index contributed by atoms with van der Waals surface area (Å²) in [6.45, 7) is 5.82. The van der Waals surface area contributed by atoms with Gasteiger partial charge < -0.3 is 5.32 Å². The summed E-state index contributed by atoms with van der Waals surface area (Å²) >= 11 is 6.03. The Labute approximate surface area is 159 Å². The van der Waals surface area contributed by atoms with Crippen molar-refractivity contribution in [2.75, 3.05) is 11.9 Å². The largest absolute Gasteiger partial charge is 0.326 e. The van der Waals surface area contributed by atoms with E-state index in [9.17, 15) is 13.2 Å². The van der Waals surface area contributed by atoms with Gasteiger partial charge in [0.25, 0.3) is 0 Å². The summed E-state index contributed by atoms with van der Waals surface area (Å²) in [5.74, 6) is -0.180. The van der Waals surface area contributed by atoms with Crippen LogP contribution < -0.4 is 10.0 Å². The van der Waals surface area contributed by atoms with Crippen LogP contribution in [-0.2, 0) is 14.8 Å². The molecule has 1 amide bonds. The van der Waals surface area contributed by atoms with Crippen molar-refractivity contribution >= 4 is 33.2 Å². The van der Waals surface area contributed by atoms with Crippen molar-refractivity contribution in [3.63, 3.8) is 0 Å². The molecule has 2 N–H and O–H groups in total. The number of amides is 1. The first-order chi connectivity index (χ1) is 12.2. The second-order valence-corrected chi connectivity index (χ2v) is 8.38. The van der Waals surface area contributed by atoms with E-state index in [0.29, 0.717) is 17.1 Å². The lowest BCUT2D eigenvalue weighted by molar-refractivity contribution is -0.116. The van der Waals surface area contributed by atoms with Gasteiger partial charge in [-0.2, -0.15) is 0 Å². The van der Waals surface area contributed by atoms with Crippen LogP contribution in [0.25, 0.3) is 0 Å². The Bertz CT molecular complexity index is 911. The Morgan fingerprint density at radius 1 is 1.08 bits per heavy atom. The number of benzene rings is 2. The summed E-state index contributed by atoms with van der Waals surface area (Å²) in [5.41, 5.74) is 3.43. The van der Waals surface area contributed by atoms with Crippen molar-refractivity contribution in [2.24, 2.45) is 0 Å². The molecule has 0 saturated heterocycles. The Hall–Kier alpha value is -1.89. The Morgan fingerprint density at radius 2 is 1.81 bits per heavy atom. The smallest absolute Gasteiger partial charge is 0.240 e. The van der Waals surface area contributed by atoms with Gasteiger partial charge in [0.15, 0.2) is 0 Å². The molecule has 2 aromatic carbocycles. The molecule has 0 aliphatic heterocycles. The summed E-state index contributed by atoms with van der Waals surface area (Å²) in [5, 5.41) is 3.38. The zero-order chi connectivity index (χ0) is 19.3. The predicted octanol–water partition coefficient (Wildman–Crippen LogP) is 3.96. The maximum atomic E-state index is 12.3. The number of hydrogen-bond acceptors (Lipinski definition) is 3. The maximum absolute atomic E-state index is 12.3. The van der Waals surface area contributed by atoms with Crippen LogP contribution in [0.4, 0.5) is 5.69 Å².